The predicted molar refractivity (Wildman–Crippen MR) is 112 cm³/mol. The lowest BCUT2D eigenvalue weighted by Gasteiger charge is -2.36. The van der Waals surface area contributed by atoms with Crippen LogP contribution in [0.5, 0.6) is 0 Å². The van der Waals surface area contributed by atoms with E-state index in [4.69, 9.17) is 4.52 Å². The van der Waals surface area contributed by atoms with Crippen LogP contribution in [-0.2, 0) is 11.0 Å². The second-order valence-corrected chi connectivity index (χ2v) is 8.30. The number of anilines is 1. The Balaban J connectivity index is 1.33. The van der Waals surface area contributed by atoms with Crippen molar-refractivity contribution in [3.8, 4) is 11.4 Å². The van der Waals surface area contributed by atoms with E-state index in [0.29, 0.717) is 37.2 Å². The van der Waals surface area contributed by atoms with Gasteiger partial charge in [0.25, 0.3) is 0 Å². The molecule has 1 atom stereocenters. The molecule has 1 unspecified atom stereocenters. The molecular weight excluding hydrogens is 445 g/mol. The molecule has 0 spiro atoms. The summed E-state index contributed by atoms with van der Waals surface area (Å²) in [5, 5.41) is 9.01. The van der Waals surface area contributed by atoms with Crippen molar-refractivity contribution in [2.75, 3.05) is 38.0 Å². The molecule has 1 aliphatic heterocycles. The molecule has 1 N–H and O–H groups in total. The van der Waals surface area contributed by atoms with Crippen LogP contribution in [-0.4, -0.2) is 63.6 Å². The number of benzene rings is 1. The molecule has 1 aliphatic rings. The monoisotopic (exact) mass is 466 g/mol. The topological polar surface area (TPSA) is 87.4 Å². The van der Waals surface area contributed by atoms with Crippen LogP contribution in [0.15, 0.2) is 40.4 Å². The summed E-state index contributed by atoms with van der Waals surface area (Å²) in [4.78, 5) is 24.7. The maximum Gasteiger partial charge on any atom is 0.416 e. The van der Waals surface area contributed by atoms with E-state index in [1.54, 1.807) is 11.6 Å². The number of halogens is 3. The summed E-state index contributed by atoms with van der Waals surface area (Å²) >= 11 is 1.37. The zero-order valence-corrected chi connectivity index (χ0v) is 18.0. The molecule has 32 heavy (non-hydrogen) atoms. The van der Waals surface area contributed by atoms with Gasteiger partial charge < -0.3 is 9.84 Å². The Morgan fingerprint density at radius 2 is 2.06 bits per heavy atom. The summed E-state index contributed by atoms with van der Waals surface area (Å²) in [5.74, 6) is 0.354. The molecule has 3 heterocycles. The van der Waals surface area contributed by atoms with E-state index in [1.807, 2.05) is 11.8 Å². The number of hydrogen-bond donors (Lipinski definition) is 1. The van der Waals surface area contributed by atoms with Crippen molar-refractivity contribution in [2.45, 2.75) is 19.1 Å². The normalized spacial score (nSPS) is 16.8. The lowest BCUT2D eigenvalue weighted by atomic mass is 10.1. The number of aromatic nitrogens is 3. The summed E-state index contributed by atoms with van der Waals surface area (Å²) in [6.45, 7) is 4.94. The molecule has 1 saturated heterocycles. The summed E-state index contributed by atoms with van der Waals surface area (Å²) < 4.78 is 44.2. The van der Waals surface area contributed by atoms with Crippen molar-refractivity contribution in [3.63, 3.8) is 0 Å². The minimum atomic E-state index is -4.44. The number of rotatable bonds is 6. The minimum absolute atomic E-state index is 0.107. The first-order chi connectivity index (χ1) is 15.3. The highest BCUT2D eigenvalue weighted by molar-refractivity contribution is 7.13. The molecule has 1 aromatic carbocycles. The average Bonchev–Trinajstić information content (AvgIpc) is 3.45. The Kier molecular flexibility index (Phi) is 6.53. The zero-order chi connectivity index (χ0) is 22.7. The Bertz CT molecular complexity index is 1050. The van der Waals surface area contributed by atoms with E-state index in [1.165, 1.54) is 23.5 Å². The number of thiazole rings is 1. The molecule has 1 amide bonds. The van der Waals surface area contributed by atoms with Crippen LogP contribution in [0.2, 0.25) is 0 Å². The fourth-order valence-corrected chi connectivity index (χ4v) is 4.01. The van der Waals surface area contributed by atoms with Crippen LogP contribution in [0.25, 0.3) is 11.4 Å². The van der Waals surface area contributed by atoms with Gasteiger partial charge in [-0.25, -0.2) is 4.98 Å². The lowest BCUT2D eigenvalue weighted by Crippen LogP contribution is -2.49. The van der Waals surface area contributed by atoms with Crippen LogP contribution < -0.4 is 5.32 Å². The molecule has 3 aromatic rings. The van der Waals surface area contributed by atoms with Gasteiger partial charge in [-0.2, -0.15) is 18.2 Å². The minimum Gasteiger partial charge on any atom is -0.337 e. The van der Waals surface area contributed by atoms with Crippen LogP contribution >= 0.6 is 11.3 Å². The van der Waals surface area contributed by atoms with Gasteiger partial charge in [-0.1, -0.05) is 17.3 Å². The van der Waals surface area contributed by atoms with Gasteiger partial charge in [-0.3, -0.25) is 14.6 Å². The summed E-state index contributed by atoms with van der Waals surface area (Å²) in [7, 11) is 0. The van der Waals surface area contributed by atoms with Crippen LogP contribution in [0.4, 0.5) is 18.3 Å². The summed E-state index contributed by atoms with van der Waals surface area (Å²) in [6, 6.07) is 4.65. The number of nitrogens with one attached hydrogen (secondary N) is 1. The van der Waals surface area contributed by atoms with E-state index in [2.05, 4.69) is 25.3 Å². The Morgan fingerprint density at radius 1 is 1.28 bits per heavy atom. The fourth-order valence-electron chi connectivity index (χ4n) is 3.47. The van der Waals surface area contributed by atoms with E-state index in [9.17, 15) is 18.0 Å². The number of hydrogen-bond acceptors (Lipinski definition) is 8. The fraction of sp³-hybridized carbons (Fsp3) is 0.400. The van der Waals surface area contributed by atoms with Crippen molar-refractivity contribution in [3.05, 3.63) is 47.3 Å². The molecular formula is C20H21F3N6O2S. The molecule has 0 aliphatic carbocycles. The summed E-state index contributed by atoms with van der Waals surface area (Å²) in [6.07, 6.45) is -2.80. The highest BCUT2D eigenvalue weighted by Gasteiger charge is 2.31. The molecule has 8 nitrogen and oxygen atoms in total. The van der Waals surface area contributed by atoms with E-state index in [-0.39, 0.29) is 29.9 Å². The first kappa shape index (κ1) is 22.4. The molecule has 0 saturated carbocycles. The van der Waals surface area contributed by atoms with Crippen molar-refractivity contribution >= 4 is 22.4 Å². The number of carbonyl (C=O) groups excluding carboxylic acids is 1. The molecule has 4 rings (SSSR count). The third-order valence-electron chi connectivity index (χ3n) is 5.25. The van der Waals surface area contributed by atoms with E-state index in [0.717, 1.165) is 12.1 Å². The number of amides is 1. The SMILES string of the molecule is CC(c1nc(-c2cccc(C(F)(F)F)c2)no1)N1CCN(CC(=O)Nc2nccs2)CC1. The van der Waals surface area contributed by atoms with Gasteiger partial charge >= 0.3 is 6.18 Å². The van der Waals surface area contributed by atoms with Crippen molar-refractivity contribution in [1.82, 2.24) is 24.9 Å². The summed E-state index contributed by atoms with van der Waals surface area (Å²) in [5.41, 5.74) is -0.512. The van der Waals surface area contributed by atoms with Crippen molar-refractivity contribution in [1.29, 1.82) is 0 Å². The highest BCUT2D eigenvalue weighted by Crippen LogP contribution is 2.32. The smallest absolute Gasteiger partial charge is 0.337 e. The Hall–Kier alpha value is -2.83. The number of alkyl halides is 3. The maximum atomic E-state index is 13.0. The Labute approximate surface area is 186 Å². The third kappa shape index (κ3) is 5.31. The van der Waals surface area contributed by atoms with Gasteiger partial charge in [0.2, 0.25) is 17.6 Å². The molecule has 2 aromatic heterocycles. The zero-order valence-electron chi connectivity index (χ0n) is 17.2. The second-order valence-electron chi connectivity index (χ2n) is 7.41. The van der Waals surface area contributed by atoms with Gasteiger partial charge in [0.15, 0.2) is 5.13 Å². The molecule has 12 heteroatoms. The van der Waals surface area contributed by atoms with E-state index < -0.39 is 11.7 Å². The standard InChI is InChI=1S/C20H21F3N6O2S/c1-13(18-26-17(27-31-18)14-3-2-4-15(11-14)20(21,22)23)29-8-6-28(7-9-29)12-16(30)25-19-24-5-10-32-19/h2-5,10-11,13H,6-9,12H2,1H3,(H,24,25,30). The lowest BCUT2D eigenvalue weighted by molar-refractivity contribution is -0.137. The van der Waals surface area contributed by atoms with Crippen molar-refractivity contribution < 1.29 is 22.5 Å². The number of carbonyl (C=O) groups is 1. The van der Waals surface area contributed by atoms with E-state index >= 15 is 0 Å². The van der Waals surface area contributed by atoms with Gasteiger partial charge in [0, 0.05) is 43.3 Å². The first-order valence-corrected chi connectivity index (χ1v) is 10.8. The van der Waals surface area contributed by atoms with Gasteiger partial charge in [-0.15, -0.1) is 11.3 Å². The molecule has 170 valence electrons. The van der Waals surface area contributed by atoms with Gasteiger partial charge in [0.05, 0.1) is 18.2 Å². The number of nitrogens with zero attached hydrogens (tertiary/aromatic N) is 5. The van der Waals surface area contributed by atoms with Crippen LogP contribution in [0, 0.1) is 0 Å². The molecule has 0 bridgehead atoms. The van der Waals surface area contributed by atoms with Gasteiger partial charge in [-0.05, 0) is 19.1 Å². The van der Waals surface area contributed by atoms with Crippen LogP contribution in [0.1, 0.15) is 24.4 Å². The third-order valence-corrected chi connectivity index (χ3v) is 5.94. The Morgan fingerprint density at radius 3 is 2.75 bits per heavy atom. The highest BCUT2D eigenvalue weighted by atomic mass is 32.1. The predicted octanol–water partition coefficient (Wildman–Crippen LogP) is 3.53. The average molecular weight is 466 g/mol. The maximum absolute atomic E-state index is 13.0. The quantitative estimate of drug-likeness (QED) is 0.595. The second kappa shape index (κ2) is 9.35. The largest absolute Gasteiger partial charge is 0.416 e. The molecule has 0 radical (unpaired) electrons. The number of piperazine rings is 1. The van der Waals surface area contributed by atoms with Gasteiger partial charge in [0.1, 0.15) is 0 Å². The first-order valence-electron chi connectivity index (χ1n) is 9.96. The van der Waals surface area contributed by atoms with Crippen LogP contribution in [0.3, 0.4) is 0 Å². The molecule has 1 fully saturated rings. The van der Waals surface area contributed by atoms with Crippen molar-refractivity contribution in [2.24, 2.45) is 0 Å².